The van der Waals surface area contributed by atoms with E-state index in [0.717, 1.165) is 25.7 Å². The predicted molar refractivity (Wildman–Crippen MR) is 135 cm³/mol. The molecule has 0 bridgehead atoms. The van der Waals surface area contributed by atoms with Gasteiger partial charge in [-0.1, -0.05) is 0 Å². The quantitative estimate of drug-likeness (QED) is 0.500. The molecule has 4 rings (SSSR count). The van der Waals surface area contributed by atoms with Gasteiger partial charge in [0.2, 0.25) is 0 Å². The highest BCUT2D eigenvalue weighted by Gasteiger charge is 2.33. The van der Waals surface area contributed by atoms with Crippen molar-refractivity contribution in [1.82, 2.24) is 15.3 Å². The third kappa shape index (κ3) is 6.90. The first-order valence-corrected chi connectivity index (χ1v) is 12.8. The summed E-state index contributed by atoms with van der Waals surface area (Å²) in [5.74, 6) is 0.748. The Morgan fingerprint density at radius 2 is 1.94 bits per heavy atom. The van der Waals surface area contributed by atoms with Crippen molar-refractivity contribution in [2.45, 2.75) is 63.6 Å². The molecule has 36 heavy (non-hydrogen) atoms. The van der Waals surface area contributed by atoms with Gasteiger partial charge in [-0.3, -0.25) is 4.98 Å². The van der Waals surface area contributed by atoms with Crippen molar-refractivity contribution >= 4 is 5.82 Å². The van der Waals surface area contributed by atoms with E-state index in [-0.39, 0.29) is 12.6 Å². The Balaban J connectivity index is 1.37. The van der Waals surface area contributed by atoms with E-state index in [1.807, 2.05) is 0 Å². The van der Waals surface area contributed by atoms with E-state index in [1.165, 1.54) is 6.20 Å². The van der Waals surface area contributed by atoms with E-state index in [1.54, 1.807) is 31.5 Å². The molecule has 2 aromatic rings. The second-order valence-electron chi connectivity index (χ2n) is 9.94. The monoisotopic (exact) mass is 497 g/mol. The molecule has 0 spiro atoms. The van der Waals surface area contributed by atoms with Gasteiger partial charge in [0.15, 0.2) is 5.82 Å². The fourth-order valence-electron chi connectivity index (χ4n) is 4.95. The lowest BCUT2D eigenvalue weighted by Crippen LogP contribution is -2.42. The van der Waals surface area contributed by atoms with Gasteiger partial charge in [-0.2, -0.15) is 5.26 Å². The zero-order valence-corrected chi connectivity index (χ0v) is 21.1. The number of aromatic nitrogens is 2. The number of methoxy groups -OCH3 is 1. The molecule has 0 radical (unpaired) electrons. The maximum Gasteiger partial charge on any atom is 0.151 e. The van der Waals surface area contributed by atoms with Crippen LogP contribution in [-0.4, -0.2) is 61.6 Å². The maximum atomic E-state index is 14.7. The van der Waals surface area contributed by atoms with Gasteiger partial charge in [0.05, 0.1) is 30.0 Å². The first-order valence-electron chi connectivity index (χ1n) is 12.8. The van der Waals surface area contributed by atoms with Crippen LogP contribution in [0.15, 0.2) is 30.6 Å². The van der Waals surface area contributed by atoms with Crippen molar-refractivity contribution in [2.24, 2.45) is 5.41 Å². The van der Waals surface area contributed by atoms with Crippen LogP contribution >= 0.6 is 0 Å². The Hall–Kier alpha value is -2.80. The van der Waals surface area contributed by atoms with Crippen molar-refractivity contribution in [3.63, 3.8) is 0 Å². The van der Waals surface area contributed by atoms with Gasteiger partial charge in [-0.25, -0.2) is 9.37 Å². The molecule has 2 N–H and O–H groups in total. The topological polar surface area (TPSA) is 101 Å². The van der Waals surface area contributed by atoms with Crippen LogP contribution in [0.25, 0.3) is 11.3 Å². The number of anilines is 1. The first-order chi connectivity index (χ1) is 17.5. The summed E-state index contributed by atoms with van der Waals surface area (Å²) in [5, 5.41) is 16.8. The lowest BCUT2D eigenvalue weighted by Gasteiger charge is -2.31. The highest BCUT2D eigenvalue weighted by molar-refractivity contribution is 5.64. The average Bonchev–Trinajstić information content (AvgIpc) is 2.90. The number of hydrogen-bond donors (Lipinski definition) is 2. The molecule has 9 heteroatoms. The summed E-state index contributed by atoms with van der Waals surface area (Å²) in [6.07, 6.45) is 8.27. The minimum absolute atomic E-state index is 0.268. The Morgan fingerprint density at radius 1 is 1.19 bits per heavy atom. The molecule has 1 aliphatic heterocycles. The second kappa shape index (κ2) is 12.4. The van der Waals surface area contributed by atoms with Gasteiger partial charge in [0, 0.05) is 56.3 Å². The Labute approximate surface area is 212 Å². The third-order valence-electron chi connectivity index (χ3n) is 7.08. The van der Waals surface area contributed by atoms with Crippen LogP contribution < -0.4 is 15.4 Å². The van der Waals surface area contributed by atoms with Crippen LogP contribution in [0.3, 0.4) is 0 Å². The average molecular weight is 498 g/mol. The van der Waals surface area contributed by atoms with Crippen molar-refractivity contribution < 1.29 is 18.6 Å². The molecule has 1 aliphatic carbocycles. The van der Waals surface area contributed by atoms with Crippen LogP contribution in [0.5, 0.6) is 5.75 Å². The molecule has 1 saturated carbocycles. The lowest BCUT2D eigenvalue weighted by molar-refractivity contribution is 0.0191. The first kappa shape index (κ1) is 26.3. The highest BCUT2D eigenvalue weighted by Crippen LogP contribution is 2.32. The van der Waals surface area contributed by atoms with Crippen LogP contribution in [0.1, 0.15) is 45.4 Å². The molecule has 0 amide bonds. The number of hydrogen-bond acceptors (Lipinski definition) is 8. The summed E-state index contributed by atoms with van der Waals surface area (Å²) in [6, 6.07) is 8.66. The fraction of sp³-hybridized carbons (Fsp3) is 0.593. The number of ether oxygens (including phenoxy) is 3. The van der Waals surface area contributed by atoms with Crippen LogP contribution in [-0.2, 0) is 9.47 Å². The molecule has 2 aliphatic rings. The summed E-state index contributed by atoms with van der Waals surface area (Å²) >= 11 is 0. The summed E-state index contributed by atoms with van der Waals surface area (Å²) < 4.78 is 31.3. The van der Waals surface area contributed by atoms with Gasteiger partial charge < -0.3 is 24.8 Å². The summed E-state index contributed by atoms with van der Waals surface area (Å²) in [7, 11) is 1.72. The number of halogens is 1. The normalized spacial score (nSPS) is 22.4. The van der Waals surface area contributed by atoms with Crippen molar-refractivity contribution in [3.8, 4) is 23.1 Å². The molecular formula is C27H36FN5O3. The molecule has 0 aromatic carbocycles. The van der Waals surface area contributed by atoms with Crippen LogP contribution in [0, 0.1) is 22.6 Å². The molecule has 1 atom stereocenters. The van der Waals surface area contributed by atoms with Crippen molar-refractivity contribution in [2.75, 3.05) is 38.9 Å². The van der Waals surface area contributed by atoms with E-state index in [2.05, 4.69) is 33.6 Å². The molecule has 3 heterocycles. The van der Waals surface area contributed by atoms with E-state index < -0.39 is 11.2 Å². The molecule has 1 saturated heterocycles. The summed E-state index contributed by atoms with van der Waals surface area (Å²) in [6.45, 7) is 4.22. The van der Waals surface area contributed by atoms with Gasteiger partial charge in [0.1, 0.15) is 18.2 Å². The smallest absolute Gasteiger partial charge is 0.151 e. The van der Waals surface area contributed by atoms with E-state index >= 15 is 0 Å². The standard InChI is InChI=1S/C27H36FN5O3/c1-19(16-34-2)32-20-3-5-21(6-4-20)33-26-14-23(24(28)15-31-26)25-13-22(7-10-30-25)36-18-27(17-29)8-11-35-12-9-27/h7,10,13-15,19-21,32H,3-6,8-9,11-12,16,18H2,1-2H3,(H,31,33)/t19-,20?,21?/m0/s1. The van der Waals surface area contributed by atoms with E-state index in [0.29, 0.717) is 67.6 Å². The fourth-order valence-corrected chi connectivity index (χ4v) is 4.95. The number of nitrogens with zero attached hydrogens (tertiary/aromatic N) is 3. The second-order valence-corrected chi connectivity index (χ2v) is 9.94. The van der Waals surface area contributed by atoms with Gasteiger partial charge in [-0.05, 0) is 57.6 Å². The molecule has 2 fully saturated rings. The maximum absolute atomic E-state index is 14.7. The molecule has 8 nitrogen and oxygen atoms in total. The number of rotatable bonds is 10. The van der Waals surface area contributed by atoms with E-state index in [9.17, 15) is 9.65 Å². The SMILES string of the molecule is COC[C@H](C)NC1CCC(Nc2cc(-c3cc(OCC4(C#N)CCOCC4)ccn3)c(F)cn2)CC1. The van der Waals surface area contributed by atoms with Crippen molar-refractivity contribution in [3.05, 3.63) is 36.4 Å². The zero-order chi connectivity index (χ0) is 25.4. The van der Waals surface area contributed by atoms with Gasteiger partial charge >= 0.3 is 0 Å². The number of pyridine rings is 2. The Kier molecular flexibility index (Phi) is 9.08. The number of nitriles is 1. The Bertz CT molecular complexity index is 1030. The third-order valence-corrected chi connectivity index (χ3v) is 7.08. The molecule has 2 aromatic heterocycles. The summed E-state index contributed by atoms with van der Waals surface area (Å²) in [5.41, 5.74) is 0.271. The molecular weight excluding hydrogens is 461 g/mol. The lowest BCUT2D eigenvalue weighted by atomic mass is 9.83. The molecule has 194 valence electrons. The van der Waals surface area contributed by atoms with Crippen LogP contribution in [0.4, 0.5) is 10.2 Å². The largest absolute Gasteiger partial charge is 0.492 e. The minimum atomic E-state index is -0.558. The van der Waals surface area contributed by atoms with E-state index in [4.69, 9.17) is 14.2 Å². The number of nitrogens with one attached hydrogen (secondary N) is 2. The minimum Gasteiger partial charge on any atom is -0.492 e. The highest BCUT2D eigenvalue weighted by atomic mass is 19.1. The molecule has 0 unspecified atom stereocenters. The van der Waals surface area contributed by atoms with Crippen molar-refractivity contribution in [1.29, 1.82) is 5.26 Å². The zero-order valence-electron chi connectivity index (χ0n) is 21.1. The Morgan fingerprint density at radius 3 is 2.67 bits per heavy atom. The van der Waals surface area contributed by atoms with Gasteiger partial charge in [-0.15, -0.1) is 0 Å². The van der Waals surface area contributed by atoms with Gasteiger partial charge in [0.25, 0.3) is 0 Å². The predicted octanol–water partition coefficient (Wildman–Crippen LogP) is 4.33. The summed E-state index contributed by atoms with van der Waals surface area (Å²) in [4.78, 5) is 8.63. The van der Waals surface area contributed by atoms with Crippen LogP contribution in [0.2, 0.25) is 0 Å².